The first-order valence-electron chi connectivity index (χ1n) is 9.11. The number of hydrogen-bond acceptors (Lipinski definition) is 7. The number of hydrogen-bond donors (Lipinski definition) is 3. The number of nitrogens with zero attached hydrogens (tertiary/aromatic N) is 3. The molecule has 1 saturated heterocycles. The fourth-order valence-electron chi connectivity index (χ4n) is 2.79. The lowest BCUT2D eigenvalue weighted by atomic mass is 10.2. The maximum absolute atomic E-state index is 12.1. The van der Waals surface area contributed by atoms with Gasteiger partial charge in [0.05, 0.1) is 32.0 Å². The zero-order valence-electron chi connectivity index (χ0n) is 15.6. The monoisotopic (exact) mass is 384 g/mol. The Labute approximate surface area is 163 Å². The summed E-state index contributed by atoms with van der Waals surface area (Å²) < 4.78 is 5.27. The van der Waals surface area contributed by atoms with E-state index in [1.54, 1.807) is 24.4 Å². The number of aromatic nitrogens is 2. The lowest BCUT2D eigenvalue weighted by Gasteiger charge is -2.25. The molecule has 2 aromatic rings. The number of ether oxygens (including phenoxy) is 1. The summed E-state index contributed by atoms with van der Waals surface area (Å²) in [5, 5.41) is 5.67. The first kappa shape index (κ1) is 19.7. The van der Waals surface area contributed by atoms with E-state index in [2.05, 4.69) is 25.5 Å². The number of pyridine rings is 2. The van der Waals surface area contributed by atoms with Crippen LogP contribution in [0.5, 0.6) is 0 Å². The van der Waals surface area contributed by atoms with Gasteiger partial charge in [-0.2, -0.15) is 0 Å². The zero-order valence-corrected chi connectivity index (χ0v) is 15.6. The zero-order chi connectivity index (χ0) is 19.8. The Hall–Kier alpha value is -3.04. The van der Waals surface area contributed by atoms with Crippen LogP contribution in [0.1, 0.15) is 21.7 Å². The fourth-order valence-corrected chi connectivity index (χ4v) is 2.79. The predicted molar refractivity (Wildman–Crippen MR) is 103 cm³/mol. The molecule has 4 N–H and O–H groups in total. The van der Waals surface area contributed by atoms with E-state index in [1.165, 1.54) is 0 Å². The summed E-state index contributed by atoms with van der Waals surface area (Å²) >= 11 is 0. The number of rotatable bonds is 7. The molecular formula is C19H24N6O3. The summed E-state index contributed by atoms with van der Waals surface area (Å²) in [7, 11) is 0. The van der Waals surface area contributed by atoms with Gasteiger partial charge in [0.15, 0.2) is 0 Å². The molecule has 0 aliphatic carbocycles. The van der Waals surface area contributed by atoms with Crippen LogP contribution in [0.3, 0.4) is 0 Å². The molecule has 0 radical (unpaired) electrons. The Balaban J connectivity index is 1.46. The van der Waals surface area contributed by atoms with Crippen molar-refractivity contribution in [2.45, 2.75) is 13.1 Å². The van der Waals surface area contributed by atoms with Gasteiger partial charge in [-0.3, -0.25) is 19.5 Å². The summed E-state index contributed by atoms with van der Waals surface area (Å²) in [5.41, 5.74) is 7.47. The molecule has 0 atom stereocenters. The molecule has 1 aliphatic heterocycles. The highest BCUT2D eigenvalue weighted by Crippen LogP contribution is 2.04. The Morgan fingerprint density at radius 2 is 1.96 bits per heavy atom. The van der Waals surface area contributed by atoms with Crippen molar-refractivity contribution in [3.63, 3.8) is 0 Å². The first-order valence-corrected chi connectivity index (χ1v) is 9.11. The van der Waals surface area contributed by atoms with Crippen molar-refractivity contribution >= 4 is 17.6 Å². The highest BCUT2D eigenvalue weighted by Gasteiger charge is 2.14. The van der Waals surface area contributed by atoms with Crippen LogP contribution in [0.4, 0.5) is 5.82 Å². The number of anilines is 1. The average molecular weight is 384 g/mol. The minimum atomic E-state index is -0.301. The molecule has 0 bridgehead atoms. The molecule has 28 heavy (non-hydrogen) atoms. The second kappa shape index (κ2) is 9.77. The summed E-state index contributed by atoms with van der Waals surface area (Å²) in [4.78, 5) is 34.5. The topological polar surface area (TPSA) is 122 Å². The molecule has 3 heterocycles. The van der Waals surface area contributed by atoms with Gasteiger partial charge in [-0.1, -0.05) is 6.07 Å². The lowest BCUT2D eigenvalue weighted by molar-refractivity contribution is -0.123. The van der Waals surface area contributed by atoms with Gasteiger partial charge < -0.3 is 21.1 Å². The third kappa shape index (κ3) is 6.00. The minimum Gasteiger partial charge on any atom is -0.384 e. The summed E-state index contributed by atoms with van der Waals surface area (Å²) in [6.07, 6.45) is 1.66. The van der Waals surface area contributed by atoms with Gasteiger partial charge >= 0.3 is 0 Å². The Kier molecular flexibility index (Phi) is 6.88. The van der Waals surface area contributed by atoms with E-state index in [9.17, 15) is 9.59 Å². The predicted octanol–water partition coefficient (Wildman–Crippen LogP) is -0.0628. The molecule has 1 aliphatic rings. The molecule has 0 aromatic carbocycles. The Bertz CT molecular complexity index is 823. The molecule has 0 saturated carbocycles. The van der Waals surface area contributed by atoms with Crippen LogP contribution in [0, 0.1) is 0 Å². The van der Waals surface area contributed by atoms with Crippen LogP contribution in [-0.2, 0) is 22.6 Å². The SMILES string of the molecule is Nc1cccc(C(=O)NCc2ccnc(CNC(=O)CN3CCOCC3)c2)n1. The highest BCUT2D eigenvalue weighted by atomic mass is 16.5. The molecule has 1 fully saturated rings. The quantitative estimate of drug-likeness (QED) is 0.611. The normalized spacial score (nSPS) is 14.4. The van der Waals surface area contributed by atoms with E-state index in [0.29, 0.717) is 38.7 Å². The van der Waals surface area contributed by atoms with Crippen molar-refractivity contribution in [2.75, 3.05) is 38.6 Å². The van der Waals surface area contributed by atoms with Gasteiger partial charge in [-0.05, 0) is 29.8 Å². The summed E-state index contributed by atoms with van der Waals surface area (Å²) in [6, 6.07) is 8.57. The average Bonchev–Trinajstić information content (AvgIpc) is 2.71. The van der Waals surface area contributed by atoms with Crippen LogP contribution in [0.15, 0.2) is 36.5 Å². The molecule has 148 valence electrons. The van der Waals surface area contributed by atoms with Crippen molar-refractivity contribution < 1.29 is 14.3 Å². The van der Waals surface area contributed by atoms with Crippen LogP contribution in [0.25, 0.3) is 0 Å². The van der Waals surface area contributed by atoms with Gasteiger partial charge in [0.25, 0.3) is 5.91 Å². The number of nitrogens with two attached hydrogens (primary N) is 1. The largest absolute Gasteiger partial charge is 0.384 e. The lowest BCUT2D eigenvalue weighted by Crippen LogP contribution is -2.43. The highest BCUT2D eigenvalue weighted by molar-refractivity contribution is 5.92. The van der Waals surface area contributed by atoms with E-state index in [1.807, 2.05) is 12.1 Å². The molecule has 2 amide bonds. The molecule has 9 heteroatoms. The number of carbonyl (C=O) groups is 2. The molecule has 0 unspecified atom stereocenters. The maximum atomic E-state index is 12.1. The van der Waals surface area contributed by atoms with Crippen molar-refractivity contribution in [3.8, 4) is 0 Å². The molecule has 2 aromatic heterocycles. The second-order valence-electron chi connectivity index (χ2n) is 6.45. The molecule has 9 nitrogen and oxygen atoms in total. The smallest absolute Gasteiger partial charge is 0.270 e. The number of nitrogen functional groups attached to an aromatic ring is 1. The van der Waals surface area contributed by atoms with E-state index in [-0.39, 0.29) is 17.5 Å². The maximum Gasteiger partial charge on any atom is 0.270 e. The van der Waals surface area contributed by atoms with Crippen LogP contribution >= 0.6 is 0 Å². The fraction of sp³-hybridized carbons (Fsp3) is 0.368. The molecule has 0 spiro atoms. The third-order valence-corrected chi connectivity index (χ3v) is 4.27. The van der Waals surface area contributed by atoms with Crippen LogP contribution in [-0.4, -0.2) is 59.5 Å². The third-order valence-electron chi connectivity index (χ3n) is 4.27. The summed E-state index contributed by atoms with van der Waals surface area (Å²) in [5.74, 6) is -0.0497. The number of morpholine rings is 1. The number of amides is 2. The minimum absolute atomic E-state index is 0.0462. The second-order valence-corrected chi connectivity index (χ2v) is 6.45. The van der Waals surface area contributed by atoms with Gasteiger partial charge in [-0.25, -0.2) is 4.98 Å². The number of nitrogens with one attached hydrogen (secondary N) is 2. The Morgan fingerprint density at radius 3 is 2.75 bits per heavy atom. The number of carbonyl (C=O) groups excluding carboxylic acids is 2. The summed E-state index contributed by atoms with van der Waals surface area (Å²) in [6.45, 7) is 3.87. The van der Waals surface area contributed by atoms with Gasteiger partial charge in [0.2, 0.25) is 5.91 Å². The molecular weight excluding hydrogens is 360 g/mol. The Morgan fingerprint density at radius 1 is 1.14 bits per heavy atom. The standard InChI is InChI=1S/C19H24N6O3/c20-17-3-1-2-16(24-17)19(27)23-11-14-4-5-21-15(10-14)12-22-18(26)13-25-6-8-28-9-7-25/h1-5,10H,6-9,11-13H2,(H2,20,24)(H,22,26)(H,23,27). The van der Waals surface area contributed by atoms with Crippen LogP contribution < -0.4 is 16.4 Å². The van der Waals surface area contributed by atoms with Crippen molar-refractivity contribution in [2.24, 2.45) is 0 Å². The van der Waals surface area contributed by atoms with E-state index in [4.69, 9.17) is 10.5 Å². The van der Waals surface area contributed by atoms with E-state index < -0.39 is 0 Å². The van der Waals surface area contributed by atoms with Crippen LogP contribution in [0.2, 0.25) is 0 Å². The van der Waals surface area contributed by atoms with Gasteiger partial charge in [-0.15, -0.1) is 0 Å². The van der Waals surface area contributed by atoms with Crippen molar-refractivity contribution in [1.82, 2.24) is 25.5 Å². The van der Waals surface area contributed by atoms with Gasteiger partial charge in [0.1, 0.15) is 11.5 Å². The van der Waals surface area contributed by atoms with E-state index >= 15 is 0 Å². The van der Waals surface area contributed by atoms with Crippen molar-refractivity contribution in [1.29, 1.82) is 0 Å². The van der Waals surface area contributed by atoms with E-state index in [0.717, 1.165) is 24.3 Å². The first-order chi connectivity index (χ1) is 13.6. The van der Waals surface area contributed by atoms with Gasteiger partial charge in [0, 0.05) is 25.8 Å². The molecule has 3 rings (SSSR count). The van der Waals surface area contributed by atoms with Crippen molar-refractivity contribution in [3.05, 3.63) is 53.5 Å².